The van der Waals surface area contributed by atoms with Gasteiger partial charge in [0.05, 0.1) is 13.2 Å². The van der Waals surface area contributed by atoms with E-state index in [9.17, 15) is 4.79 Å². The van der Waals surface area contributed by atoms with Crippen LogP contribution in [0.2, 0.25) is 0 Å². The van der Waals surface area contributed by atoms with Crippen LogP contribution in [0.25, 0.3) is 0 Å². The van der Waals surface area contributed by atoms with Crippen LogP contribution in [-0.4, -0.2) is 54.5 Å². The molecule has 4 aliphatic rings. The number of nitrogens with zero attached hydrogens (tertiary/aromatic N) is 2. The van der Waals surface area contributed by atoms with Crippen LogP contribution < -0.4 is 4.74 Å². The van der Waals surface area contributed by atoms with Gasteiger partial charge in [-0.3, -0.25) is 9.69 Å². The first kappa shape index (κ1) is 16.6. The van der Waals surface area contributed by atoms with Crippen LogP contribution in [0.3, 0.4) is 0 Å². The number of likely N-dealkylation sites (tertiary alicyclic amines) is 1. The Morgan fingerprint density at radius 3 is 2.72 bits per heavy atom. The number of ether oxygens (including phenoxy) is 1. The Morgan fingerprint density at radius 1 is 1.24 bits per heavy atom. The molecule has 5 rings (SSSR count). The Labute approximate surface area is 150 Å². The lowest BCUT2D eigenvalue weighted by Crippen LogP contribution is -2.60. The molecule has 0 aliphatic carbocycles. The maximum atomic E-state index is 12.9. The van der Waals surface area contributed by atoms with Crippen molar-refractivity contribution in [3.63, 3.8) is 0 Å². The number of hydrogen-bond acceptors (Lipinski definition) is 3. The molecule has 1 aromatic rings. The molecule has 0 N–H and O–H groups in total. The number of methoxy groups -OCH3 is 1. The maximum absolute atomic E-state index is 12.9. The van der Waals surface area contributed by atoms with Gasteiger partial charge in [-0.25, -0.2) is 0 Å². The van der Waals surface area contributed by atoms with Crippen molar-refractivity contribution in [2.75, 3.05) is 26.7 Å². The van der Waals surface area contributed by atoms with Crippen molar-refractivity contribution in [3.8, 4) is 5.75 Å². The second kappa shape index (κ2) is 6.83. The van der Waals surface area contributed by atoms with E-state index in [1.807, 2.05) is 31.2 Å². The zero-order valence-corrected chi connectivity index (χ0v) is 15.2. The van der Waals surface area contributed by atoms with Crippen molar-refractivity contribution in [2.45, 2.75) is 44.2 Å². The summed E-state index contributed by atoms with van der Waals surface area (Å²) in [5.74, 6) is 2.24. The third-order valence-corrected chi connectivity index (χ3v) is 6.38. The summed E-state index contributed by atoms with van der Waals surface area (Å²) >= 11 is 0. The van der Waals surface area contributed by atoms with Gasteiger partial charge in [0.2, 0.25) is 5.91 Å². The summed E-state index contributed by atoms with van der Waals surface area (Å²) in [6, 6.07) is 9.16. The van der Waals surface area contributed by atoms with Gasteiger partial charge in [-0.1, -0.05) is 30.4 Å². The highest BCUT2D eigenvalue weighted by Crippen LogP contribution is 2.48. The van der Waals surface area contributed by atoms with Crippen LogP contribution in [-0.2, 0) is 4.79 Å². The van der Waals surface area contributed by atoms with Crippen molar-refractivity contribution in [1.82, 2.24) is 9.80 Å². The first-order chi connectivity index (χ1) is 12.2. The molecule has 0 aromatic heterocycles. The summed E-state index contributed by atoms with van der Waals surface area (Å²) in [5, 5.41) is 0. The van der Waals surface area contributed by atoms with Gasteiger partial charge in [-0.15, -0.1) is 0 Å². The number of carbonyl (C=O) groups excluding carboxylic acids is 1. The molecule has 4 fully saturated rings. The summed E-state index contributed by atoms with van der Waals surface area (Å²) in [7, 11) is 1.74. The molecule has 25 heavy (non-hydrogen) atoms. The molecule has 2 bridgehead atoms. The molecule has 0 spiro atoms. The van der Waals surface area contributed by atoms with Crippen LogP contribution >= 0.6 is 0 Å². The predicted molar refractivity (Wildman–Crippen MR) is 98.8 cm³/mol. The molecule has 4 heterocycles. The highest BCUT2D eigenvalue weighted by Gasteiger charge is 2.54. The van der Waals surface area contributed by atoms with Gasteiger partial charge in [0, 0.05) is 30.5 Å². The number of benzene rings is 1. The van der Waals surface area contributed by atoms with Gasteiger partial charge in [0.15, 0.2) is 0 Å². The first-order valence-electron chi connectivity index (χ1n) is 9.52. The molecule has 1 amide bonds. The molecule has 0 unspecified atom stereocenters. The Balaban J connectivity index is 1.69. The predicted octanol–water partition coefficient (Wildman–Crippen LogP) is 3.05. The van der Waals surface area contributed by atoms with E-state index in [1.165, 1.54) is 31.5 Å². The molecule has 3 atom stereocenters. The lowest BCUT2D eigenvalue weighted by atomic mass is 9.75. The van der Waals surface area contributed by atoms with Crippen molar-refractivity contribution in [2.24, 2.45) is 5.92 Å². The number of rotatable bonds is 4. The second-order valence-electron chi connectivity index (χ2n) is 7.52. The Morgan fingerprint density at radius 2 is 2.00 bits per heavy atom. The summed E-state index contributed by atoms with van der Waals surface area (Å²) < 4.78 is 5.65. The fourth-order valence-electron chi connectivity index (χ4n) is 5.29. The number of amides is 1. The average Bonchev–Trinajstić information content (AvgIpc) is 3.09. The number of piperidine rings is 3. The lowest BCUT2D eigenvalue weighted by Gasteiger charge is -2.51. The summed E-state index contributed by atoms with van der Waals surface area (Å²) in [6.45, 7) is 5.15. The molecule has 4 saturated heterocycles. The topological polar surface area (TPSA) is 32.8 Å². The SMILES string of the molecule is CC=CCC(=O)N1C[C@H](c2ccccc2OC)[C@@H]2[C@H]1C1CCN2CC1. The van der Waals surface area contributed by atoms with Crippen LogP contribution in [0.4, 0.5) is 0 Å². The number of fused-ring (bicyclic) bond motifs is 2. The summed E-state index contributed by atoms with van der Waals surface area (Å²) in [6.07, 6.45) is 6.93. The van der Waals surface area contributed by atoms with Gasteiger partial charge in [0.1, 0.15) is 5.75 Å². The van der Waals surface area contributed by atoms with Crippen molar-refractivity contribution < 1.29 is 9.53 Å². The van der Waals surface area contributed by atoms with Crippen LogP contribution in [0.15, 0.2) is 36.4 Å². The highest BCUT2D eigenvalue weighted by atomic mass is 16.5. The minimum absolute atomic E-state index is 0.277. The van der Waals surface area contributed by atoms with Crippen LogP contribution in [0, 0.1) is 5.92 Å². The normalized spacial score (nSPS) is 33.7. The van der Waals surface area contributed by atoms with Gasteiger partial charge in [0.25, 0.3) is 0 Å². The Kier molecular flexibility index (Phi) is 4.55. The van der Waals surface area contributed by atoms with E-state index in [4.69, 9.17) is 4.74 Å². The Bertz CT molecular complexity index is 664. The van der Waals surface area contributed by atoms with Gasteiger partial charge >= 0.3 is 0 Å². The monoisotopic (exact) mass is 340 g/mol. The second-order valence-corrected chi connectivity index (χ2v) is 7.52. The van der Waals surface area contributed by atoms with E-state index >= 15 is 0 Å². The lowest BCUT2D eigenvalue weighted by molar-refractivity contribution is -0.135. The van der Waals surface area contributed by atoms with Gasteiger partial charge in [-0.2, -0.15) is 0 Å². The van der Waals surface area contributed by atoms with E-state index < -0.39 is 0 Å². The Hall–Kier alpha value is -1.81. The first-order valence-corrected chi connectivity index (χ1v) is 9.52. The highest BCUT2D eigenvalue weighted by molar-refractivity contribution is 5.79. The number of allylic oxidation sites excluding steroid dienone is 1. The summed E-state index contributed by atoms with van der Waals surface area (Å²) in [5.41, 5.74) is 1.26. The van der Waals surface area contributed by atoms with E-state index in [0.29, 0.717) is 30.3 Å². The van der Waals surface area contributed by atoms with E-state index in [1.54, 1.807) is 7.11 Å². The number of carbonyl (C=O) groups is 1. The smallest absolute Gasteiger partial charge is 0.226 e. The number of hydrogen-bond donors (Lipinski definition) is 0. The number of para-hydroxylation sites is 1. The molecule has 4 aliphatic heterocycles. The fraction of sp³-hybridized carbons (Fsp3) is 0.571. The van der Waals surface area contributed by atoms with Crippen molar-refractivity contribution in [1.29, 1.82) is 0 Å². The molecule has 0 saturated carbocycles. The van der Waals surface area contributed by atoms with E-state index in [-0.39, 0.29) is 5.91 Å². The van der Waals surface area contributed by atoms with E-state index in [0.717, 1.165) is 12.3 Å². The molecule has 134 valence electrons. The standard InChI is InChI=1S/C21H28N2O2/c1-3-4-9-19(24)23-14-17(16-7-5-6-8-18(16)25-2)21-20(23)15-10-12-22(21)13-11-15/h3-8,15,17,20-21H,9-14H2,1-2H3/t17-,20-,21-/m1/s1. The molecule has 1 aromatic carbocycles. The van der Waals surface area contributed by atoms with Crippen molar-refractivity contribution in [3.05, 3.63) is 42.0 Å². The van der Waals surface area contributed by atoms with Crippen molar-refractivity contribution >= 4 is 5.91 Å². The minimum atomic E-state index is 0.277. The molecular weight excluding hydrogens is 312 g/mol. The zero-order valence-electron chi connectivity index (χ0n) is 15.2. The molecule has 0 radical (unpaired) electrons. The molecule has 4 nitrogen and oxygen atoms in total. The summed E-state index contributed by atoms with van der Waals surface area (Å²) in [4.78, 5) is 17.7. The third kappa shape index (κ3) is 2.77. The van der Waals surface area contributed by atoms with Crippen LogP contribution in [0.1, 0.15) is 37.7 Å². The van der Waals surface area contributed by atoms with E-state index in [2.05, 4.69) is 21.9 Å². The van der Waals surface area contributed by atoms with Gasteiger partial charge in [-0.05, 0) is 44.8 Å². The molecular formula is C21H28N2O2. The zero-order chi connectivity index (χ0) is 17.4. The largest absolute Gasteiger partial charge is 0.496 e. The fourth-order valence-corrected chi connectivity index (χ4v) is 5.29. The quantitative estimate of drug-likeness (QED) is 0.790. The van der Waals surface area contributed by atoms with Crippen LogP contribution in [0.5, 0.6) is 5.75 Å². The average molecular weight is 340 g/mol. The maximum Gasteiger partial charge on any atom is 0.226 e. The van der Waals surface area contributed by atoms with Gasteiger partial charge < -0.3 is 9.64 Å². The minimum Gasteiger partial charge on any atom is -0.496 e. The third-order valence-electron chi connectivity index (χ3n) is 6.38. The molecule has 4 heteroatoms.